The van der Waals surface area contributed by atoms with Crippen LogP contribution in [0.3, 0.4) is 0 Å². The average Bonchev–Trinajstić information content (AvgIpc) is 2.89. The first-order chi connectivity index (χ1) is 12.7. The van der Waals surface area contributed by atoms with Crippen LogP contribution in [0.25, 0.3) is 22.4 Å². The van der Waals surface area contributed by atoms with E-state index in [1.165, 1.54) is 0 Å². The van der Waals surface area contributed by atoms with Gasteiger partial charge in [-0.3, -0.25) is 9.48 Å². The third kappa shape index (κ3) is 4.12. The number of hydrogen-bond donors (Lipinski definition) is 1. The van der Waals surface area contributed by atoms with Crippen molar-refractivity contribution in [2.24, 2.45) is 7.05 Å². The Labute approximate surface area is 166 Å². The molecule has 9 heteroatoms. The van der Waals surface area contributed by atoms with Crippen LogP contribution in [0.4, 0.5) is 0 Å². The van der Waals surface area contributed by atoms with Gasteiger partial charge in [-0.1, -0.05) is 25.6 Å². The first-order valence-corrected chi connectivity index (χ1v) is 12.8. The Kier molecular flexibility index (Phi) is 5.21. The number of nitrogens with zero attached hydrogens (tertiary/aromatic N) is 4. The number of aromatic amines is 1. The van der Waals surface area contributed by atoms with Crippen molar-refractivity contribution in [2.45, 2.75) is 26.6 Å². The van der Waals surface area contributed by atoms with E-state index in [-0.39, 0.29) is 11.1 Å². The van der Waals surface area contributed by atoms with Gasteiger partial charge >= 0.3 is 0 Å². The van der Waals surface area contributed by atoms with Crippen molar-refractivity contribution in [3.63, 3.8) is 0 Å². The zero-order chi connectivity index (χ0) is 19.8. The molecule has 0 aliphatic heterocycles. The minimum atomic E-state index is -1.53. The summed E-state index contributed by atoms with van der Waals surface area (Å²) in [7, 11) is 0.215. The molecule has 0 aliphatic rings. The molecule has 0 aliphatic carbocycles. The highest BCUT2D eigenvalue weighted by atomic mass is 79.9. The van der Waals surface area contributed by atoms with Gasteiger partial charge in [-0.05, 0) is 28.9 Å². The van der Waals surface area contributed by atoms with Crippen LogP contribution < -0.4 is 10.3 Å². The molecule has 1 N–H and O–H groups in total. The molecule has 0 saturated carbocycles. The summed E-state index contributed by atoms with van der Waals surface area (Å²) in [5, 5.41) is 4.18. The van der Waals surface area contributed by atoms with Crippen molar-refractivity contribution >= 4 is 35.0 Å². The number of H-pyrrole nitrogens is 1. The fourth-order valence-corrected chi connectivity index (χ4v) is 3.26. The summed E-state index contributed by atoms with van der Waals surface area (Å²) < 4.78 is 7.83. The molecule has 0 aromatic carbocycles. The van der Waals surface area contributed by atoms with Crippen molar-refractivity contribution in [3.05, 3.63) is 32.8 Å². The maximum Gasteiger partial charge on any atom is 0.279 e. The van der Waals surface area contributed by atoms with E-state index in [9.17, 15) is 4.79 Å². The molecule has 0 saturated heterocycles. The zero-order valence-electron chi connectivity index (χ0n) is 15.8. The molecule has 3 rings (SSSR count). The predicted octanol–water partition coefficient (Wildman–Crippen LogP) is 3.11. The van der Waals surface area contributed by atoms with Gasteiger partial charge in [0.15, 0.2) is 5.52 Å². The number of hydrogen-bond acceptors (Lipinski definition) is 5. The zero-order valence-corrected chi connectivity index (χ0v) is 18.4. The van der Waals surface area contributed by atoms with Gasteiger partial charge in [0.1, 0.15) is 24.0 Å². The van der Waals surface area contributed by atoms with Crippen molar-refractivity contribution in [1.82, 2.24) is 24.7 Å². The molecular weight excluding hydrogens is 426 g/mol. The average molecular weight is 446 g/mol. The van der Waals surface area contributed by atoms with Gasteiger partial charge in [0, 0.05) is 18.8 Å². The summed E-state index contributed by atoms with van der Waals surface area (Å²) >= 11 is 3.42. The van der Waals surface area contributed by atoms with E-state index in [0.29, 0.717) is 34.0 Å². The minimum Gasteiger partial charge on any atom is -0.477 e. The summed E-state index contributed by atoms with van der Waals surface area (Å²) in [4.78, 5) is 24.2. The van der Waals surface area contributed by atoms with Crippen LogP contribution in [-0.4, -0.2) is 39.4 Å². The lowest BCUT2D eigenvalue weighted by Crippen LogP contribution is -2.16. The Hall–Kier alpha value is -2.44. The van der Waals surface area contributed by atoms with Gasteiger partial charge in [0.2, 0.25) is 5.88 Å². The van der Waals surface area contributed by atoms with Gasteiger partial charge in [-0.15, -0.1) is 5.54 Å². The van der Waals surface area contributed by atoms with Crippen molar-refractivity contribution in [3.8, 4) is 28.7 Å². The largest absolute Gasteiger partial charge is 0.477 e. The second-order valence-electron chi connectivity index (χ2n) is 7.04. The number of aromatic nitrogens is 5. The third-order valence-electron chi connectivity index (χ3n) is 3.59. The Bertz CT molecular complexity index is 1130. The molecule has 3 aromatic heterocycles. The number of rotatable bonds is 3. The monoisotopic (exact) mass is 445 g/mol. The van der Waals surface area contributed by atoms with Gasteiger partial charge in [-0.25, -0.2) is 9.97 Å². The fourth-order valence-electron chi connectivity index (χ4n) is 2.38. The first kappa shape index (κ1) is 19.3. The molecule has 3 aromatic rings. The molecule has 3 heterocycles. The van der Waals surface area contributed by atoms with Crippen molar-refractivity contribution < 1.29 is 4.74 Å². The van der Waals surface area contributed by atoms with Gasteiger partial charge < -0.3 is 9.72 Å². The van der Waals surface area contributed by atoms with Gasteiger partial charge in [-0.2, -0.15) is 5.10 Å². The molecule has 140 valence electrons. The number of nitrogens with one attached hydrogen (secondary N) is 1. The summed E-state index contributed by atoms with van der Waals surface area (Å²) in [6.07, 6.45) is 1.68. The predicted molar refractivity (Wildman–Crippen MR) is 111 cm³/mol. The lowest BCUT2D eigenvalue weighted by atomic mass is 10.2. The Morgan fingerprint density at radius 1 is 1.33 bits per heavy atom. The molecule has 0 bridgehead atoms. The topological polar surface area (TPSA) is 85.7 Å². The second-order valence-corrected chi connectivity index (χ2v) is 12.5. The van der Waals surface area contributed by atoms with E-state index in [1.54, 1.807) is 17.9 Å². The molecular formula is C18H20BrN5O2Si. The van der Waals surface area contributed by atoms with Crippen LogP contribution in [0.15, 0.2) is 21.7 Å². The van der Waals surface area contributed by atoms with Crippen molar-refractivity contribution in [2.75, 3.05) is 6.61 Å². The smallest absolute Gasteiger partial charge is 0.279 e. The summed E-state index contributed by atoms with van der Waals surface area (Å²) in [6.45, 7) is 8.85. The van der Waals surface area contributed by atoms with E-state index in [2.05, 4.69) is 67.1 Å². The third-order valence-corrected chi connectivity index (χ3v) is 5.36. The number of pyridine rings is 1. The quantitative estimate of drug-likeness (QED) is 0.494. The molecule has 0 atom stereocenters. The highest BCUT2D eigenvalue weighted by molar-refractivity contribution is 9.10. The van der Waals surface area contributed by atoms with Crippen LogP contribution in [0, 0.1) is 11.5 Å². The number of aryl methyl sites for hydroxylation is 1. The normalized spacial score (nSPS) is 11.3. The number of halogens is 1. The lowest BCUT2D eigenvalue weighted by molar-refractivity contribution is 0.328. The van der Waals surface area contributed by atoms with Gasteiger partial charge in [0.05, 0.1) is 12.2 Å². The summed E-state index contributed by atoms with van der Waals surface area (Å²) in [5.74, 6) is 3.95. The van der Waals surface area contributed by atoms with E-state index >= 15 is 0 Å². The van der Waals surface area contributed by atoms with E-state index < -0.39 is 8.07 Å². The Morgan fingerprint density at radius 3 is 2.74 bits per heavy atom. The van der Waals surface area contributed by atoms with E-state index in [1.807, 2.05) is 13.0 Å². The van der Waals surface area contributed by atoms with Crippen LogP contribution in [0.5, 0.6) is 5.88 Å². The van der Waals surface area contributed by atoms with Crippen LogP contribution in [0.1, 0.15) is 12.5 Å². The standard InChI is InChI=1S/C18H20BrN5O2Si/c1-6-26-18-12(9-11(10-20-18)7-8-27(3,4)5)16-21-13-14(17(25)22-16)23-24(2)15(13)19/h9-10H,6H2,1-5H3,(H,21,22,25). The highest BCUT2D eigenvalue weighted by Crippen LogP contribution is 2.28. The molecule has 0 radical (unpaired) electrons. The number of fused-ring (bicyclic) bond motifs is 1. The lowest BCUT2D eigenvalue weighted by Gasteiger charge is -2.09. The Balaban J connectivity index is 2.21. The summed E-state index contributed by atoms with van der Waals surface area (Å²) in [6, 6.07) is 1.85. The van der Waals surface area contributed by atoms with Crippen molar-refractivity contribution in [1.29, 1.82) is 0 Å². The maximum atomic E-state index is 12.5. The van der Waals surface area contributed by atoms with Crippen LogP contribution in [-0.2, 0) is 7.05 Å². The molecule has 0 spiro atoms. The first-order valence-electron chi connectivity index (χ1n) is 8.48. The van der Waals surface area contributed by atoms with E-state index in [0.717, 1.165) is 5.56 Å². The molecule has 0 fully saturated rings. The summed E-state index contributed by atoms with van der Waals surface area (Å²) in [5.41, 5.74) is 5.10. The van der Waals surface area contributed by atoms with Gasteiger partial charge in [0.25, 0.3) is 5.56 Å². The molecule has 0 unspecified atom stereocenters. The maximum absolute atomic E-state index is 12.5. The molecule has 27 heavy (non-hydrogen) atoms. The van der Waals surface area contributed by atoms with Crippen LogP contribution >= 0.6 is 15.9 Å². The minimum absolute atomic E-state index is 0.272. The van der Waals surface area contributed by atoms with E-state index in [4.69, 9.17) is 4.74 Å². The highest BCUT2D eigenvalue weighted by Gasteiger charge is 2.17. The molecule has 7 nitrogen and oxygen atoms in total. The molecule has 0 amide bonds. The fraction of sp³-hybridized carbons (Fsp3) is 0.333. The second kappa shape index (κ2) is 7.29. The Morgan fingerprint density at radius 2 is 2.07 bits per heavy atom. The number of ether oxygens (including phenoxy) is 1. The van der Waals surface area contributed by atoms with Crippen LogP contribution in [0.2, 0.25) is 19.6 Å². The SMILES string of the molecule is CCOc1ncc(C#C[Si](C)(C)C)cc1-c1nc2c(Br)n(C)nc2c(=O)[nH]1.